The van der Waals surface area contributed by atoms with E-state index in [-0.39, 0.29) is 0 Å². The van der Waals surface area contributed by atoms with Crippen LogP contribution in [0.4, 0.5) is 0 Å². The lowest BCUT2D eigenvalue weighted by Gasteiger charge is -2.29. The van der Waals surface area contributed by atoms with Crippen LogP contribution in [-0.2, 0) is 15.1 Å². The first kappa shape index (κ1) is 15.2. The Morgan fingerprint density at radius 3 is 2.06 bits per heavy atom. The Balaban J connectivity index is 3.07. The maximum atomic E-state index is 10.7. The van der Waals surface area contributed by atoms with Crippen molar-refractivity contribution >= 4 is 0 Å². The number of rotatable bonds is 5. The Bertz CT molecular complexity index is 406. The molecule has 1 aromatic carbocycles. The summed E-state index contributed by atoms with van der Waals surface area (Å²) in [5.74, 6) is 0. The predicted octanol–water partition coefficient (Wildman–Crippen LogP) is 2.83. The molecule has 1 rings (SSSR count). The van der Waals surface area contributed by atoms with E-state index in [1.165, 1.54) is 11.1 Å². The molecule has 0 saturated heterocycles. The monoisotopic (exact) mass is 252 g/mol. The van der Waals surface area contributed by atoms with Crippen LogP contribution < -0.4 is 0 Å². The Morgan fingerprint density at radius 1 is 1.06 bits per heavy atom. The molecule has 3 heteroatoms. The van der Waals surface area contributed by atoms with Gasteiger partial charge >= 0.3 is 0 Å². The third kappa shape index (κ3) is 3.31. The molecule has 0 radical (unpaired) electrons. The molecular weight excluding hydrogens is 228 g/mol. The zero-order valence-electron chi connectivity index (χ0n) is 12.2. The van der Waals surface area contributed by atoms with Crippen LogP contribution in [0.3, 0.4) is 0 Å². The second kappa shape index (κ2) is 5.83. The van der Waals surface area contributed by atoms with E-state index >= 15 is 0 Å². The van der Waals surface area contributed by atoms with Gasteiger partial charge in [-0.05, 0) is 49.9 Å². The molecule has 0 aliphatic heterocycles. The molecule has 0 spiro atoms. The molecular formula is C15H24O3. The number of methoxy groups -OCH3 is 2. The quantitative estimate of drug-likeness (QED) is 0.819. The molecule has 102 valence electrons. The highest BCUT2D eigenvalue weighted by Gasteiger charge is 2.29. The minimum absolute atomic E-state index is 0.402. The summed E-state index contributed by atoms with van der Waals surface area (Å²) in [5, 5.41) is 10.7. The van der Waals surface area contributed by atoms with E-state index in [0.717, 1.165) is 11.1 Å². The van der Waals surface area contributed by atoms with Crippen LogP contribution in [0, 0.1) is 20.8 Å². The van der Waals surface area contributed by atoms with E-state index in [1.54, 1.807) is 21.1 Å². The molecule has 3 nitrogen and oxygen atoms in total. The van der Waals surface area contributed by atoms with E-state index in [9.17, 15) is 5.11 Å². The van der Waals surface area contributed by atoms with Gasteiger partial charge in [0.15, 0.2) is 6.29 Å². The molecule has 1 N–H and O–H groups in total. The van der Waals surface area contributed by atoms with Crippen molar-refractivity contribution in [1.29, 1.82) is 0 Å². The average Bonchev–Trinajstić information content (AvgIpc) is 2.30. The van der Waals surface area contributed by atoms with Crippen LogP contribution in [0.2, 0.25) is 0 Å². The fourth-order valence-corrected chi connectivity index (χ4v) is 2.24. The minimum atomic E-state index is -0.959. The first-order valence-corrected chi connectivity index (χ1v) is 6.18. The average molecular weight is 252 g/mol. The molecule has 1 aromatic rings. The molecule has 0 fully saturated rings. The van der Waals surface area contributed by atoms with Crippen molar-refractivity contribution in [2.24, 2.45) is 0 Å². The molecule has 0 saturated carbocycles. The van der Waals surface area contributed by atoms with Crippen LogP contribution >= 0.6 is 0 Å². The van der Waals surface area contributed by atoms with Crippen LogP contribution in [0.15, 0.2) is 12.1 Å². The van der Waals surface area contributed by atoms with Gasteiger partial charge in [0.2, 0.25) is 0 Å². The minimum Gasteiger partial charge on any atom is -0.385 e. The first-order valence-electron chi connectivity index (χ1n) is 6.18. The normalized spacial score (nSPS) is 14.9. The topological polar surface area (TPSA) is 38.7 Å². The van der Waals surface area contributed by atoms with Crippen molar-refractivity contribution in [1.82, 2.24) is 0 Å². The van der Waals surface area contributed by atoms with Gasteiger partial charge in [0.05, 0.1) is 5.60 Å². The standard InChI is InChI=1S/C15H24O3/c1-10-7-12(3)13(8-11(10)2)15(4,16)9-14(17-5)18-6/h7-8,14,16H,9H2,1-6H3. The summed E-state index contributed by atoms with van der Waals surface area (Å²) in [6.45, 7) is 7.95. The van der Waals surface area contributed by atoms with Gasteiger partial charge in [0.1, 0.15) is 0 Å². The summed E-state index contributed by atoms with van der Waals surface area (Å²) in [5.41, 5.74) is 3.49. The highest BCUT2D eigenvalue weighted by Crippen LogP contribution is 2.31. The van der Waals surface area contributed by atoms with Crippen molar-refractivity contribution in [2.45, 2.75) is 46.0 Å². The molecule has 0 aliphatic carbocycles. The van der Waals surface area contributed by atoms with Gasteiger partial charge in [-0.15, -0.1) is 0 Å². The number of aryl methyl sites for hydroxylation is 3. The Morgan fingerprint density at radius 2 is 1.56 bits per heavy atom. The van der Waals surface area contributed by atoms with Gasteiger partial charge in [0.25, 0.3) is 0 Å². The Kier molecular flexibility index (Phi) is 4.91. The molecule has 1 atom stereocenters. The molecule has 1 unspecified atom stereocenters. The van der Waals surface area contributed by atoms with Crippen molar-refractivity contribution < 1.29 is 14.6 Å². The van der Waals surface area contributed by atoms with Gasteiger partial charge < -0.3 is 14.6 Å². The highest BCUT2D eigenvalue weighted by atomic mass is 16.7. The van der Waals surface area contributed by atoms with Gasteiger partial charge in [0, 0.05) is 20.6 Å². The Hall–Kier alpha value is -0.900. The predicted molar refractivity (Wildman–Crippen MR) is 72.6 cm³/mol. The largest absolute Gasteiger partial charge is 0.385 e. The lowest BCUT2D eigenvalue weighted by Crippen LogP contribution is -2.30. The smallest absolute Gasteiger partial charge is 0.159 e. The van der Waals surface area contributed by atoms with E-state index in [0.29, 0.717) is 6.42 Å². The molecule has 0 amide bonds. The number of benzene rings is 1. The lowest BCUT2D eigenvalue weighted by atomic mass is 9.86. The highest BCUT2D eigenvalue weighted by molar-refractivity contribution is 5.39. The maximum Gasteiger partial charge on any atom is 0.159 e. The second-order valence-electron chi connectivity index (χ2n) is 5.13. The third-order valence-corrected chi connectivity index (χ3v) is 3.51. The number of aliphatic hydroxyl groups is 1. The van der Waals surface area contributed by atoms with Gasteiger partial charge in [-0.1, -0.05) is 12.1 Å². The molecule has 18 heavy (non-hydrogen) atoms. The van der Waals surface area contributed by atoms with E-state index in [1.807, 2.05) is 13.0 Å². The molecule has 0 aromatic heterocycles. The third-order valence-electron chi connectivity index (χ3n) is 3.51. The van der Waals surface area contributed by atoms with Crippen LogP contribution in [-0.4, -0.2) is 25.6 Å². The van der Waals surface area contributed by atoms with Gasteiger partial charge in [-0.2, -0.15) is 0 Å². The van der Waals surface area contributed by atoms with Crippen LogP contribution in [0.5, 0.6) is 0 Å². The molecule has 0 aliphatic rings. The van der Waals surface area contributed by atoms with Crippen molar-refractivity contribution in [3.8, 4) is 0 Å². The second-order valence-corrected chi connectivity index (χ2v) is 5.13. The van der Waals surface area contributed by atoms with Crippen molar-refractivity contribution in [3.63, 3.8) is 0 Å². The summed E-state index contributed by atoms with van der Waals surface area (Å²) in [7, 11) is 3.16. The Labute approximate surface area is 110 Å². The molecule has 0 bridgehead atoms. The maximum absolute atomic E-state index is 10.7. The van der Waals surface area contributed by atoms with E-state index < -0.39 is 11.9 Å². The zero-order chi connectivity index (χ0) is 13.9. The fourth-order valence-electron chi connectivity index (χ4n) is 2.24. The van der Waals surface area contributed by atoms with Gasteiger partial charge in [-0.25, -0.2) is 0 Å². The SMILES string of the molecule is COC(CC(C)(O)c1cc(C)c(C)cc1C)OC. The zero-order valence-corrected chi connectivity index (χ0v) is 12.2. The van der Waals surface area contributed by atoms with Crippen molar-refractivity contribution in [3.05, 3.63) is 34.4 Å². The summed E-state index contributed by atoms with van der Waals surface area (Å²) < 4.78 is 10.3. The number of ether oxygens (including phenoxy) is 2. The van der Waals surface area contributed by atoms with Crippen LogP contribution in [0.25, 0.3) is 0 Å². The van der Waals surface area contributed by atoms with E-state index in [2.05, 4.69) is 19.9 Å². The first-order chi connectivity index (χ1) is 8.31. The fraction of sp³-hybridized carbons (Fsp3) is 0.600. The summed E-state index contributed by atoms with van der Waals surface area (Å²) in [6, 6.07) is 4.15. The van der Waals surface area contributed by atoms with Gasteiger partial charge in [-0.3, -0.25) is 0 Å². The summed E-state index contributed by atoms with van der Waals surface area (Å²) in [4.78, 5) is 0. The van der Waals surface area contributed by atoms with Crippen LogP contribution in [0.1, 0.15) is 35.6 Å². The lowest BCUT2D eigenvalue weighted by molar-refractivity contribution is -0.142. The number of hydrogen-bond donors (Lipinski definition) is 1. The molecule has 0 heterocycles. The number of hydrogen-bond acceptors (Lipinski definition) is 3. The summed E-state index contributed by atoms with van der Waals surface area (Å²) in [6.07, 6.45) is 0.00425. The summed E-state index contributed by atoms with van der Waals surface area (Å²) >= 11 is 0. The van der Waals surface area contributed by atoms with Crippen molar-refractivity contribution in [2.75, 3.05) is 14.2 Å². The van der Waals surface area contributed by atoms with E-state index in [4.69, 9.17) is 9.47 Å².